The zero-order valence-corrected chi connectivity index (χ0v) is 19.5. The Labute approximate surface area is 198 Å². The van der Waals surface area contributed by atoms with Crippen molar-refractivity contribution in [2.75, 3.05) is 32.1 Å². The van der Waals surface area contributed by atoms with Crippen LogP contribution in [0.15, 0.2) is 48.7 Å². The molecule has 0 atom stereocenters. The fourth-order valence-corrected chi connectivity index (χ4v) is 4.64. The van der Waals surface area contributed by atoms with Crippen molar-refractivity contribution in [3.8, 4) is 28.5 Å². The zero-order chi connectivity index (χ0) is 23.8. The topological polar surface area (TPSA) is 73.9 Å². The van der Waals surface area contributed by atoms with Crippen LogP contribution in [0.3, 0.4) is 0 Å². The number of nitriles is 1. The molecule has 0 N–H and O–H groups in total. The molecule has 4 aromatic rings. The Balaban J connectivity index is 1.59. The van der Waals surface area contributed by atoms with E-state index in [2.05, 4.69) is 39.2 Å². The summed E-state index contributed by atoms with van der Waals surface area (Å²) >= 11 is 0. The largest absolute Gasteiger partial charge is 0.355 e. The number of hydrogen-bond donors (Lipinski definition) is 0. The SMILES string of the molecule is CN(C)C1CCN(c2cc(-c3ccc(C#N)c(F)c3)c(-c3ccc4cn(C)nc4c3)nn2)CC1. The Hall–Kier alpha value is -3.83. The van der Waals surface area contributed by atoms with Crippen molar-refractivity contribution in [3.05, 3.63) is 60.0 Å². The lowest BCUT2D eigenvalue weighted by molar-refractivity contribution is 0.249. The molecule has 3 heterocycles. The lowest BCUT2D eigenvalue weighted by Crippen LogP contribution is -2.42. The van der Waals surface area contributed by atoms with E-state index >= 15 is 0 Å². The summed E-state index contributed by atoms with van der Waals surface area (Å²) in [5, 5.41) is 23.9. The molecule has 172 valence electrons. The Kier molecular flexibility index (Phi) is 5.72. The molecule has 5 rings (SSSR count). The molecule has 1 aliphatic rings. The Morgan fingerprint density at radius 1 is 1.03 bits per heavy atom. The van der Waals surface area contributed by atoms with E-state index < -0.39 is 5.82 Å². The van der Waals surface area contributed by atoms with Gasteiger partial charge in [-0.15, -0.1) is 10.2 Å². The molecule has 34 heavy (non-hydrogen) atoms. The van der Waals surface area contributed by atoms with Crippen LogP contribution in [0.25, 0.3) is 33.3 Å². The van der Waals surface area contributed by atoms with E-state index in [0.29, 0.717) is 17.3 Å². The fourth-order valence-electron chi connectivity index (χ4n) is 4.64. The van der Waals surface area contributed by atoms with E-state index in [1.54, 1.807) is 10.7 Å². The first-order valence-electron chi connectivity index (χ1n) is 11.4. The van der Waals surface area contributed by atoms with Gasteiger partial charge in [0.1, 0.15) is 17.6 Å². The van der Waals surface area contributed by atoms with Gasteiger partial charge in [0.2, 0.25) is 0 Å². The minimum atomic E-state index is -0.545. The molecule has 0 radical (unpaired) electrons. The molecule has 0 spiro atoms. The van der Waals surface area contributed by atoms with Gasteiger partial charge in [-0.05, 0) is 56.8 Å². The Morgan fingerprint density at radius 3 is 2.50 bits per heavy atom. The van der Waals surface area contributed by atoms with Crippen LogP contribution < -0.4 is 4.90 Å². The Morgan fingerprint density at radius 2 is 1.79 bits per heavy atom. The highest BCUT2D eigenvalue weighted by Gasteiger charge is 2.23. The number of fused-ring (bicyclic) bond motifs is 1. The van der Waals surface area contributed by atoms with E-state index in [1.165, 1.54) is 12.1 Å². The quantitative estimate of drug-likeness (QED) is 0.458. The highest BCUT2D eigenvalue weighted by Crippen LogP contribution is 2.35. The molecule has 0 bridgehead atoms. The van der Waals surface area contributed by atoms with Gasteiger partial charge >= 0.3 is 0 Å². The summed E-state index contributed by atoms with van der Waals surface area (Å²) in [5.74, 6) is 0.232. The number of anilines is 1. The van der Waals surface area contributed by atoms with Crippen LogP contribution in [0.1, 0.15) is 18.4 Å². The average molecular weight is 456 g/mol. The molecule has 0 aliphatic carbocycles. The molecule has 7 nitrogen and oxygen atoms in total. The first kappa shape index (κ1) is 22.0. The molecule has 0 amide bonds. The number of rotatable bonds is 4. The second-order valence-corrected chi connectivity index (χ2v) is 9.03. The number of aryl methyl sites for hydroxylation is 1. The predicted octanol–water partition coefficient (Wildman–Crippen LogP) is 4.24. The van der Waals surface area contributed by atoms with Crippen molar-refractivity contribution < 1.29 is 4.39 Å². The van der Waals surface area contributed by atoms with Gasteiger partial charge in [-0.3, -0.25) is 4.68 Å². The minimum absolute atomic E-state index is 0.0215. The van der Waals surface area contributed by atoms with Crippen LogP contribution in [0.2, 0.25) is 0 Å². The van der Waals surface area contributed by atoms with Crippen LogP contribution in [0.5, 0.6) is 0 Å². The van der Waals surface area contributed by atoms with Crippen molar-refractivity contribution in [2.45, 2.75) is 18.9 Å². The Bertz CT molecular complexity index is 1390. The van der Waals surface area contributed by atoms with Crippen molar-refractivity contribution in [2.24, 2.45) is 7.05 Å². The smallest absolute Gasteiger partial charge is 0.151 e. The lowest BCUT2D eigenvalue weighted by atomic mass is 9.97. The maximum atomic E-state index is 14.6. The molecule has 1 fully saturated rings. The lowest BCUT2D eigenvalue weighted by Gasteiger charge is -2.35. The van der Waals surface area contributed by atoms with Gasteiger partial charge in [0.15, 0.2) is 5.82 Å². The van der Waals surface area contributed by atoms with Gasteiger partial charge in [-0.1, -0.05) is 18.2 Å². The molecular formula is C26H26FN7. The predicted molar refractivity (Wildman–Crippen MR) is 131 cm³/mol. The van der Waals surface area contributed by atoms with Gasteiger partial charge in [-0.25, -0.2) is 4.39 Å². The second-order valence-electron chi connectivity index (χ2n) is 9.03. The summed E-state index contributed by atoms with van der Waals surface area (Å²) < 4.78 is 16.3. The molecular weight excluding hydrogens is 429 g/mol. The third-order valence-electron chi connectivity index (χ3n) is 6.60. The number of nitrogens with zero attached hydrogens (tertiary/aromatic N) is 7. The first-order valence-corrected chi connectivity index (χ1v) is 11.4. The van der Waals surface area contributed by atoms with Gasteiger partial charge in [0.05, 0.1) is 11.1 Å². The molecule has 2 aromatic carbocycles. The van der Waals surface area contributed by atoms with Crippen LogP contribution in [-0.2, 0) is 7.05 Å². The molecule has 2 aromatic heterocycles. The van der Waals surface area contributed by atoms with Crippen molar-refractivity contribution in [1.29, 1.82) is 5.26 Å². The molecule has 1 aliphatic heterocycles. The van der Waals surface area contributed by atoms with E-state index in [4.69, 9.17) is 5.26 Å². The van der Waals surface area contributed by atoms with E-state index in [-0.39, 0.29) is 5.56 Å². The summed E-state index contributed by atoms with van der Waals surface area (Å²) in [6, 6.07) is 15.1. The average Bonchev–Trinajstić information content (AvgIpc) is 3.23. The highest BCUT2D eigenvalue weighted by molar-refractivity contribution is 5.88. The van der Waals surface area contributed by atoms with Crippen molar-refractivity contribution >= 4 is 16.7 Å². The van der Waals surface area contributed by atoms with Gasteiger partial charge < -0.3 is 9.80 Å². The minimum Gasteiger partial charge on any atom is -0.355 e. The maximum Gasteiger partial charge on any atom is 0.151 e. The standard InChI is InChI=1S/C26H26FN7/c1-32(2)21-8-10-34(11-9-21)25-14-22(17-4-6-19(15-28)23(27)12-17)26(30-29-25)18-5-7-20-16-33(3)31-24(20)13-18/h4-7,12-14,16,21H,8-11H2,1-3H3. The van der Waals surface area contributed by atoms with Crippen LogP contribution >= 0.6 is 0 Å². The van der Waals surface area contributed by atoms with Crippen LogP contribution in [0, 0.1) is 17.1 Å². The number of hydrogen-bond acceptors (Lipinski definition) is 6. The third kappa shape index (κ3) is 4.11. The number of benzene rings is 2. The van der Waals surface area contributed by atoms with Crippen LogP contribution in [0.4, 0.5) is 10.2 Å². The normalized spacial score (nSPS) is 14.6. The zero-order valence-electron chi connectivity index (χ0n) is 19.5. The maximum absolute atomic E-state index is 14.6. The monoisotopic (exact) mass is 455 g/mol. The molecule has 0 unspecified atom stereocenters. The third-order valence-corrected chi connectivity index (χ3v) is 6.60. The number of halogens is 1. The molecule has 1 saturated heterocycles. The van der Waals surface area contributed by atoms with Gasteiger partial charge in [0, 0.05) is 48.9 Å². The highest BCUT2D eigenvalue weighted by atomic mass is 19.1. The molecule has 8 heteroatoms. The van der Waals surface area contributed by atoms with Crippen molar-refractivity contribution in [1.82, 2.24) is 24.9 Å². The fraction of sp³-hybridized carbons (Fsp3) is 0.308. The first-order chi connectivity index (χ1) is 16.4. The van der Waals surface area contributed by atoms with Crippen LogP contribution in [-0.4, -0.2) is 58.1 Å². The summed E-state index contributed by atoms with van der Waals surface area (Å²) in [6.07, 6.45) is 4.06. The van der Waals surface area contributed by atoms with E-state index in [1.807, 2.05) is 43.6 Å². The summed E-state index contributed by atoms with van der Waals surface area (Å²) in [7, 11) is 6.12. The summed E-state index contributed by atoms with van der Waals surface area (Å²) in [5.41, 5.74) is 3.83. The number of piperidine rings is 1. The van der Waals surface area contributed by atoms with E-state index in [0.717, 1.165) is 53.8 Å². The van der Waals surface area contributed by atoms with E-state index in [9.17, 15) is 4.39 Å². The summed E-state index contributed by atoms with van der Waals surface area (Å²) in [4.78, 5) is 4.51. The van der Waals surface area contributed by atoms with Gasteiger partial charge in [0.25, 0.3) is 0 Å². The molecule has 0 saturated carbocycles. The van der Waals surface area contributed by atoms with Crippen molar-refractivity contribution in [3.63, 3.8) is 0 Å². The summed E-state index contributed by atoms with van der Waals surface area (Å²) in [6.45, 7) is 1.77. The number of aromatic nitrogens is 4. The second kappa shape index (κ2) is 8.84. The van der Waals surface area contributed by atoms with Gasteiger partial charge in [-0.2, -0.15) is 10.4 Å².